The predicted molar refractivity (Wildman–Crippen MR) is 63.6 cm³/mol. The number of nitrogen functional groups attached to an aromatic ring is 1. The van der Waals surface area contributed by atoms with Crippen LogP contribution in [0.5, 0.6) is 5.75 Å². The van der Waals surface area contributed by atoms with E-state index in [1.807, 2.05) is 0 Å². The maximum absolute atomic E-state index is 11.7. The van der Waals surface area contributed by atoms with Crippen LogP contribution in [0.25, 0.3) is 0 Å². The van der Waals surface area contributed by atoms with Gasteiger partial charge in [0.2, 0.25) is 5.91 Å². The molecule has 0 radical (unpaired) electrons. The summed E-state index contributed by atoms with van der Waals surface area (Å²) in [6.45, 7) is 0.200. The lowest BCUT2D eigenvalue weighted by Gasteiger charge is -2.07. The first kappa shape index (κ1) is 12.8. The number of methoxy groups -OCH3 is 1. The van der Waals surface area contributed by atoms with Gasteiger partial charge in [0.1, 0.15) is 5.75 Å². The molecule has 0 heterocycles. The van der Waals surface area contributed by atoms with Gasteiger partial charge in [0.25, 0.3) is 5.91 Å². The summed E-state index contributed by atoms with van der Waals surface area (Å²) in [4.78, 5) is 22.2. The van der Waals surface area contributed by atoms with Crippen molar-refractivity contribution in [2.24, 2.45) is 5.73 Å². The Bertz CT molecular complexity index is 432. The average molecular weight is 237 g/mol. The zero-order valence-electron chi connectivity index (χ0n) is 9.53. The van der Waals surface area contributed by atoms with Gasteiger partial charge in [-0.05, 0) is 12.1 Å². The molecule has 0 aliphatic rings. The van der Waals surface area contributed by atoms with Crippen molar-refractivity contribution in [3.05, 3.63) is 23.8 Å². The first-order chi connectivity index (χ1) is 8.02. The molecule has 6 nitrogen and oxygen atoms in total. The summed E-state index contributed by atoms with van der Waals surface area (Å²) < 4.78 is 4.99. The van der Waals surface area contributed by atoms with E-state index in [2.05, 4.69) is 5.32 Å². The molecule has 0 atom stereocenters. The molecule has 0 spiro atoms. The van der Waals surface area contributed by atoms with Crippen molar-refractivity contribution in [2.45, 2.75) is 6.42 Å². The highest BCUT2D eigenvalue weighted by Gasteiger charge is 2.08. The van der Waals surface area contributed by atoms with Crippen LogP contribution >= 0.6 is 0 Å². The molecule has 1 aromatic rings. The number of nitrogens with one attached hydrogen (secondary N) is 1. The second-order valence-corrected chi connectivity index (χ2v) is 3.47. The monoisotopic (exact) mass is 237 g/mol. The van der Waals surface area contributed by atoms with E-state index in [0.717, 1.165) is 0 Å². The zero-order chi connectivity index (χ0) is 12.8. The molecule has 17 heavy (non-hydrogen) atoms. The number of amides is 2. The van der Waals surface area contributed by atoms with Crippen molar-refractivity contribution in [2.75, 3.05) is 19.4 Å². The van der Waals surface area contributed by atoms with Crippen LogP contribution in [0.3, 0.4) is 0 Å². The number of carbonyl (C=O) groups is 2. The average Bonchev–Trinajstić information content (AvgIpc) is 2.27. The third-order valence-electron chi connectivity index (χ3n) is 2.08. The fraction of sp³-hybridized carbons (Fsp3) is 0.273. The summed E-state index contributed by atoms with van der Waals surface area (Å²) in [7, 11) is 1.49. The number of benzene rings is 1. The molecule has 0 saturated heterocycles. The van der Waals surface area contributed by atoms with Crippen LogP contribution in [0.15, 0.2) is 18.2 Å². The maximum atomic E-state index is 11.7. The number of primary amides is 1. The fourth-order valence-corrected chi connectivity index (χ4v) is 1.27. The second kappa shape index (κ2) is 5.74. The highest BCUT2D eigenvalue weighted by molar-refractivity contribution is 5.95. The van der Waals surface area contributed by atoms with Crippen LogP contribution in [-0.4, -0.2) is 25.5 Å². The molecule has 0 saturated carbocycles. The number of carbonyl (C=O) groups excluding carboxylic acids is 2. The molecule has 0 aliphatic carbocycles. The van der Waals surface area contributed by atoms with Crippen LogP contribution in [0, 0.1) is 0 Å². The van der Waals surface area contributed by atoms with E-state index < -0.39 is 5.91 Å². The molecule has 0 fully saturated rings. The number of anilines is 1. The summed E-state index contributed by atoms with van der Waals surface area (Å²) in [5.41, 5.74) is 11.4. The lowest BCUT2D eigenvalue weighted by molar-refractivity contribution is -0.117. The summed E-state index contributed by atoms with van der Waals surface area (Å²) in [6, 6.07) is 4.71. The Balaban J connectivity index is 2.68. The summed E-state index contributed by atoms with van der Waals surface area (Å²) in [5, 5.41) is 2.56. The quantitative estimate of drug-likeness (QED) is 0.620. The number of ether oxygens (including phenoxy) is 1. The third kappa shape index (κ3) is 4.02. The van der Waals surface area contributed by atoms with Crippen LogP contribution in [0.1, 0.15) is 16.8 Å². The van der Waals surface area contributed by atoms with Crippen molar-refractivity contribution in [1.82, 2.24) is 5.32 Å². The highest BCUT2D eigenvalue weighted by atomic mass is 16.5. The first-order valence-electron chi connectivity index (χ1n) is 5.04. The minimum Gasteiger partial charge on any atom is -0.497 e. The predicted octanol–water partition coefficient (Wildman–Crippen LogP) is -0.117. The Kier molecular flexibility index (Phi) is 4.33. The molecule has 92 valence electrons. The molecule has 1 aromatic carbocycles. The van der Waals surface area contributed by atoms with Crippen LogP contribution < -0.4 is 21.5 Å². The maximum Gasteiger partial charge on any atom is 0.251 e. The molecule has 5 N–H and O–H groups in total. The largest absolute Gasteiger partial charge is 0.497 e. The molecule has 0 bridgehead atoms. The van der Waals surface area contributed by atoms with Crippen molar-refractivity contribution in [3.8, 4) is 5.75 Å². The van der Waals surface area contributed by atoms with Gasteiger partial charge in [-0.15, -0.1) is 0 Å². The van der Waals surface area contributed by atoms with Gasteiger partial charge in [-0.3, -0.25) is 9.59 Å². The van der Waals surface area contributed by atoms with Gasteiger partial charge in [0.15, 0.2) is 0 Å². The number of hydrogen-bond acceptors (Lipinski definition) is 4. The molecule has 6 heteroatoms. The highest BCUT2D eigenvalue weighted by Crippen LogP contribution is 2.18. The van der Waals surface area contributed by atoms with Gasteiger partial charge < -0.3 is 21.5 Å². The van der Waals surface area contributed by atoms with Gasteiger partial charge in [-0.25, -0.2) is 0 Å². The van der Waals surface area contributed by atoms with E-state index in [0.29, 0.717) is 17.0 Å². The summed E-state index contributed by atoms with van der Waals surface area (Å²) in [6.07, 6.45) is 0.102. The Morgan fingerprint density at radius 2 is 2.06 bits per heavy atom. The smallest absolute Gasteiger partial charge is 0.251 e. The molecule has 2 amide bonds. The summed E-state index contributed by atoms with van der Waals surface area (Å²) >= 11 is 0. The van der Waals surface area contributed by atoms with Gasteiger partial charge in [0.05, 0.1) is 7.11 Å². The Labute approximate surface area is 98.9 Å². The molecule has 0 aliphatic heterocycles. The fourth-order valence-electron chi connectivity index (χ4n) is 1.27. The van der Waals surface area contributed by atoms with E-state index in [1.165, 1.54) is 13.2 Å². The van der Waals surface area contributed by atoms with Crippen molar-refractivity contribution in [3.63, 3.8) is 0 Å². The Hall–Kier alpha value is -2.24. The van der Waals surface area contributed by atoms with Crippen LogP contribution in [0.2, 0.25) is 0 Å². The van der Waals surface area contributed by atoms with Crippen LogP contribution in [-0.2, 0) is 4.79 Å². The van der Waals surface area contributed by atoms with Gasteiger partial charge in [-0.1, -0.05) is 0 Å². The van der Waals surface area contributed by atoms with E-state index in [9.17, 15) is 9.59 Å². The molecular weight excluding hydrogens is 222 g/mol. The van der Waals surface area contributed by atoms with E-state index in [4.69, 9.17) is 16.2 Å². The molecule has 0 aromatic heterocycles. The second-order valence-electron chi connectivity index (χ2n) is 3.47. The number of rotatable bonds is 5. The van der Waals surface area contributed by atoms with Crippen molar-refractivity contribution in [1.29, 1.82) is 0 Å². The van der Waals surface area contributed by atoms with Gasteiger partial charge >= 0.3 is 0 Å². The lowest BCUT2D eigenvalue weighted by atomic mass is 10.1. The van der Waals surface area contributed by atoms with E-state index in [1.54, 1.807) is 12.1 Å². The lowest BCUT2D eigenvalue weighted by Crippen LogP contribution is -2.27. The zero-order valence-corrected chi connectivity index (χ0v) is 9.53. The van der Waals surface area contributed by atoms with Gasteiger partial charge in [0, 0.05) is 30.3 Å². The molecular formula is C11H15N3O3. The SMILES string of the molecule is COc1cc(N)cc(C(=O)NCCC(N)=O)c1. The Morgan fingerprint density at radius 3 is 2.65 bits per heavy atom. The number of nitrogens with two attached hydrogens (primary N) is 2. The van der Waals surface area contributed by atoms with E-state index in [-0.39, 0.29) is 18.9 Å². The Morgan fingerprint density at radius 1 is 1.35 bits per heavy atom. The first-order valence-corrected chi connectivity index (χ1v) is 5.04. The van der Waals surface area contributed by atoms with E-state index >= 15 is 0 Å². The van der Waals surface area contributed by atoms with Crippen molar-refractivity contribution >= 4 is 17.5 Å². The molecule has 0 unspecified atom stereocenters. The van der Waals surface area contributed by atoms with Gasteiger partial charge in [-0.2, -0.15) is 0 Å². The third-order valence-corrected chi connectivity index (χ3v) is 2.08. The topological polar surface area (TPSA) is 107 Å². The minimum atomic E-state index is -0.463. The normalized spacial score (nSPS) is 9.71. The minimum absolute atomic E-state index is 0.102. The van der Waals surface area contributed by atoms with Crippen LogP contribution in [0.4, 0.5) is 5.69 Å². The number of hydrogen-bond donors (Lipinski definition) is 3. The molecule has 1 rings (SSSR count). The standard InChI is InChI=1S/C11H15N3O3/c1-17-9-5-7(4-8(12)6-9)11(16)14-3-2-10(13)15/h4-6H,2-3,12H2,1H3,(H2,13,15)(H,14,16). The van der Waals surface area contributed by atoms with Crippen molar-refractivity contribution < 1.29 is 14.3 Å². The summed E-state index contributed by atoms with van der Waals surface area (Å²) in [5.74, 6) is -0.280.